The number of benzene rings is 1. The summed E-state index contributed by atoms with van der Waals surface area (Å²) in [6.07, 6.45) is -1.01. The highest BCUT2D eigenvalue weighted by molar-refractivity contribution is 5.71. The summed E-state index contributed by atoms with van der Waals surface area (Å²) in [4.78, 5) is 10.5. The molecule has 0 amide bonds. The SMILES string of the molecule is CC(OCc1cccc(C#N)c1F)C(=O)O. The first-order chi connectivity index (χ1) is 7.56. The molecule has 0 fully saturated rings. The lowest BCUT2D eigenvalue weighted by molar-refractivity contribution is -0.149. The Morgan fingerprint density at radius 3 is 2.94 bits per heavy atom. The van der Waals surface area contributed by atoms with Gasteiger partial charge in [0.15, 0.2) is 6.10 Å². The largest absolute Gasteiger partial charge is 0.479 e. The Morgan fingerprint density at radius 2 is 2.38 bits per heavy atom. The van der Waals surface area contributed by atoms with Crippen molar-refractivity contribution in [2.45, 2.75) is 19.6 Å². The Morgan fingerprint density at radius 1 is 1.69 bits per heavy atom. The Hall–Kier alpha value is -1.93. The minimum atomic E-state index is -1.11. The average Bonchev–Trinajstić information content (AvgIpc) is 2.27. The van der Waals surface area contributed by atoms with Crippen molar-refractivity contribution in [1.82, 2.24) is 0 Å². The van der Waals surface area contributed by atoms with E-state index in [4.69, 9.17) is 15.1 Å². The van der Waals surface area contributed by atoms with Gasteiger partial charge in [0.05, 0.1) is 12.2 Å². The van der Waals surface area contributed by atoms with Crippen LogP contribution < -0.4 is 0 Å². The average molecular weight is 223 g/mol. The van der Waals surface area contributed by atoms with Crippen LogP contribution in [0.4, 0.5) is 4.39 Å². The minimum absolute atomic E-state index is 0.0796. The van der Waals surface area contributed by atoms with Gasteiger partial charge in [0.25, 0.3) is 0 Å². The van der Waals surface area contributed by atoms with Crippen molar-refractivity contribution in [3.05, 3.63) is 35.1 Å². The van der Waals surface area contributed by atoms with E-state index in [1.807, 2.05) is 0 Å². The molecule has 1 rings (SSSR count). The van der Waals surface area contributed by atoms with Gasteiger partial charge >= 0.3 is 5.97 Å². The summed E-state index contributed by atoms with van der Waals surface area (Å²) < 4.78 is 18.4. The molecular weight excluding hydrogens is 213 g/mol. The Kier molecular flexibility index (Phi) is 3.97. The second-order valence-corrected chi connectivity index (χ2v) is 3.18. The van der Waals surface area contributed by atoms with Crippen molar-refractivity contribution in [2.24, 2.45) is 0 Å². The van der Waals surface area contributed by atoms with E-state index in [2.05, 4.69) is 0 Å². The maximum Gasteiger partial charge on any atom is 0.332 e. The summed E-state index contributed by atoms with van der Waals surface area (Å²) in [5.41, 5.74) is 0.0937. The van der Waals surface area contributed by atoms with Crippen molar-refractivity contribution in [3.8, 4) is 6.07 Å². The highest BCUT2D eigenvalue weighted by Gasteiger charge is 2.13. The maximum atomic E-state index is 13.5. The summed E-state index contributed by atoms with van der Waals surface area (Å²) in [5, 5.41) is 17.1. The summed E-state index contributed by atoms with van der Waals surface area (Å²) in [6.45, 7) is 1.18. The van der Waals surface area contributed by atoms with Gasteiger partial charge in [-0.25, -0.2) is 9.18 Å². The first-order valence-corrected chi connectivity index (χ1v) is 4.58. The first kappa shape index (κ1) is 12.1. The van der Waals surface area contributed by atoms with Gasteiger partial charge in [-0.3, -0.25) is 0 Å². The van der Waals surface area contributed by atoms with Crippen LogP contribution in [0.5, 0.6) is 0 Å². The van der Waals surface area contributed by atoms with Crippen LogP contribution >= 0.6 is 0 Å². The minimum Gasteiger partial charge on any atom is -0.479 e. The molecule has 1 unspecified atom stereocenters. The van der Waals surface area contributed by atoms with Gasteiger partial charge in [-0.2, -0.15) is 5.26 Å². The molecule has 1 aromatic carbocycles. The van der Waals surface area contributed by atoms with E-state index in [0.717, 1.165) is 0 Å². The van der Waals surface area contributed by atoms with Crippen molar-refractivity contribution in [3.63, 3.8) is 0 Å². The van der Waals surface area contributed by atoms with Crippen LogP contribution in [0.25, 0.3) is 0 Å². The number of ether oxygens (including phenoxy) is 1. The maximum absolute atomic E-state index is 13.5. The molecule has 16 heavy (non-hydrogen) atoms. The molecule has 1 atom stereocenters. The summed E-state index contributed by atoms with van der Waals surface area (Å²) in [5.74, 6) is -1.78. The van der Waals surface area contributed by atoms with Crippen LogP contribution in [-0.2, 0) is 16.1 Å². The van der Waals surface area contributed by atoms with E-state index in [1.165, 1.54) is 25.1 Å². The number of carboxylic acid groups (broad SMARTS) is 1. The molecule has 5 heteroatoms. The number of carboxylic acids is 1. The van der Waals surface area contributed by atoms with E-state index in [9.17, 15) is 9.18 Å². The molecule has 0 heterocycles. The molecule has 0 saturated heterocycles. The van der Waals surface area contributed by atoms with Crippen molar-refractivity contribution >= 4 is 5.97 Å². The fourth-order valence-electron chi connectivity index (χ4n) is 1.06. The number of hydrogen-bond donors (Lipinski definition) is 1. The smallest absolute Gasteiger partial charge is 0.332 e. The van der Waals surface area contributed by atoms with Gasteiger partial charge in [-0.05, 0) is 13.0 Å². The zero-order valence-corrected chi connectivity index (χ0v) is 8.61. The Labute approximate surface area is 91.9 Å². The van der Waals surface area contributed by atoms with Crippen LogP contribution in [0.1, 0.15) is 18.1 Å². The molecule has 0 aromatic heterocycles. The van der Waals surface area contributed by atoms with E-state index >= 15 is 0 Å². The highest BCUT2D eigenvalue weighted by Crippen LogP contribution is 2.13. The lowest BCUT2D eigenvalue weighted by Gasteiger charge is -2.09. The zero-order valence-electron chi connectivity index (χ0n) is 8.61. The molecule has 0 saturated carbocycles. The van der Waals surface area contributed by atoms with Gasteiger partial charge in [0.2, 0.25) is 0 Å². The monoisotopic (exact) mass is 223 g/mol. The number of halogens is 1. The van der Waals surface area contributed by atoms with Crippen LogP contribution in [0, 0.1) is 17.1 Å². The van der Waals surface area contributed by atoms with E-state index in [1.54, 1.807) is 6.07 Å². The van der Waals surface area contributed by atoms with Crippen molar-refractivity contribution in [2.75, 3.05) is 0 Å². The second-order valence-electron chi connectivity index (χ2n) is 3.18. The van der Waals surface area contributed by atoms with Crippen LogP contribution in [0.15, 0.2) is 18.2 Å². The second kappa shape index (κ2) is 5.24. The molecule has 1 aromatic rings. The lowest BCUT2D eigenvalue weighted by Crippen LogP contribution is -2.19. The topological polar surface area (TPSA) is 70.3 Å². The molecule has 4 nitrogen and oxygen atoms in total. The normalized spacial score (nSPS) is 11.8. The summed E-state index contributed by atoms with van der Waals surface area (Å²) >= 11 is 0. The van der Waals surface area contributed by atoms with E-state index < -0.39 is 17.9 Å². The number of nitriles is 1. The number of hydrogen-bond acceptors (Lipinski definition) is 3. The third-order valence-electron chi connectivity index (χ3n) is 2.04. The van der Waals surface area contributed by atoms with Crippen LogP contribution in [-0.4, -0.2) is 17.2 Å². The Bertz CT molecular complexity index is 439. The fourth-order valence-corrected chi connectivity index (χ4v) is 1.06. The number of aliphatic carboxylic acids is 1. The molecule has 84 valence electrons. The van der Waals surface area contributed by atoms with Crippen LogP contribution in [0.3, 0.4) is 0 Å². The zero-order chi connectivity index (χ0) is 12.1. The lowest BCUT2D eigenvalue weighted by atomic mass is 10.1. The van der Waals surface area contributed by atoms with Gasteiger partial charge < -0.3 is 9.84 Å². The third-order valence-corrected chi connectivity index (χ3v) is 2.04. The van der Waals surface area contributed by atoms with Crippen molar-refractivity contribution in [1.29, 1.82) is 5.26 Å². The summed E-state index contributed by atoms with van der Waals surface area (Å²) in [7, 11) is 0. The molecule has 1 N–H and O–H groups in total. The predicted molar refractivity (Wildman–Crippen MR) is 53.0 cm³/mol. The van der Waals surface area contributed by atoms with E-state index in [-0.39, 0.29) is 17.7 Å². The summed E-state index contributed by atoms with van der Waals surface area (Å²) in [6, 6.07) is 6.01. The predicted octanol–water partition coefficient (Wildman–Crippen LogP) is 1.69. The van der Waals surface area contributed by atoms with Gasteiger partial charge in [-0.1, -0.05) is 12.1 Å². The van der Waals surface area contributed by atoms with Crippen LogP contribution in [0.2, 0.25) is 0 Å². The van der Waals surface area contributed by atoms with Gasteiger partial charge in [-0.15, -0.1) is 0 Å². The number of rotatable bonds is 4. The van der Waals surface area contributed by atoms with Gasteiger partial charge in [0.1, 0.15) is 11.9 Å². The molecular formula is C11H10FNO3. The number of nitrogens with zero attached hydrogens (tertiary/aromatic N) is 1. The molecule has 0 aliphatic heterocycles. The number of carbonyl (C=O) groups is 1. The Balaban J connectivity index is 2.76. The standard InChI is InChI=1S/C11H10FNO3/c1-7(11(14)15)16-6-9-4-2-3-8(5-13)10(9)12/h2-4,7H,6H2,1H3,(H,14,15). The highest BCUT2D eigenvalue weighted by atomic mass is 19.1. The first-order valence-electron chi connectivity index (χ1n) is 4.58. The molecule has 0 radical (unpaired) electrons. The fraction of sp³-hybridized carbons (Fsp3) is 0.273. The molecule has 0 bridgehead atoms. The van der Waals surface area contributed by atoms with Gasteiger partial charge in [0, 0.05) is 5.56 Å². The molecule has 0 spiro atoms. The van der Waals surface area contributed by atoms with Crippen molar-refractivity contribution < 1.29 is 19.0 Å². The quantitative estimate of drug-likeness (QED) is 0.843. The molecule has 0 aliphatic rings. The third kappa shape index (κ3) is 2.78. The molecule has 0 aliphatic carbocycles. The van der Waals surface area contributed by atoms with E-state index in [0.29, 0.717) is 0 Å².